The van der Waals surface area contributed by atoms with Crippen molar-refractivity contribution in [3.05, 3.63) is 42.1 Å². The van der Waals surface area contributed by atoms with Crippen molar-refractivity contribution < 1.29 is 14.1 Å². The van der Waals surface area contributed by atoms with Gasteiger partial charge in [0, 0.05) is 24.7 Å². The van der Waals surface area contributed by atoms with Crippen LogP contribution in [0, 0.1) is 0 Å². The fraction of sp³-hybridized carbons (Fsp3) is 0.375. The molecule has 0 spiro atoms. The molecule has 110 valence electrons. The molecule has 21 heavy (non-hydrogen) atoms. The summed E-state index contributed by atoms with van der Waals surface area (Å²) >= 11 is 0. The molecule has 1 aromatic carbocycles. The molecule has 2 aromatic rings. The zero-order valence-corrected chi connectivity index (χ0v) is 12.0. The molecule has 0 N–H and O–H groups in total. The molecule has 1 unspecified atom stereocenters. The van der Waals surface area contributed by atoms with E-state index in [4.69, 9.17) is 9.26 Å². The molecule has 5 nitrogen and oxygen atoms in total. The Morgan fingerprint density at radius 2 is 2.19 bits per heavy atom. The van der Waals surface area contributed by atoms with Gasteiger partial charge in [0.15, 0.2) is 5.76 Å². The summed E-state index contributed by atoms with van der Waals surface area (Å²) in [5, 5.41) is 3.99. The summed E-state index contributed by atoms with van der Waals surface area (Å²) in [4.78, 5) is 14.1. The number of ether oxygens (including phenoxy) is 1. The molecule has 1 amide bonds. The summed E-state index contributed by atoms with van der Waals surface area (Å²) < 4.78 is 10.8. The van der Waals surface area contributed by atoms with Crippen molar-refractivity contribution in [1.29, 1.82) is 0 Å². The first-order valence-corrected chi connectivity index (χ1v) is 7.13. The Morgan fingerprint density at radius 1 is 1.38 bits per heavy atom. The first kappa shape index (κ1) is 13.8. The molecule has 1 fully saturated rings. The molecule has 0 aliphatic carbocycles. The van der Waals surface area contributed by atoms with Gasteiger partial charge in [0.2, 0.25) is 5.91 Å². The first-order valence-electron chi connectivity index (χ1n) is 7.13. The largest absolute Gasteiger partial charge is 0.375 e. The maximum Gasteiger partial charge on any atom is 0.228 e. The first-order chi connectivity index (χ1) is 10.2. The number of aromatic nitrogens is 1. The number of hydrogen-bond donors (Lipinski definition) is 0. The van der Waals surface area contributed by atoms with Gasteiger partial charge < -0.3 is 14.2 Å². The van der Waals surface area contributed by atoms with E-state index in [1.807, 2.05) is 48.2 Å². The summed E-state index contributed by atoms with van der Waals surface area (Å²) in [6.45, 7) is 3.86. The Labute approximate surface area is 123 Å². The van der Waals surface area contributed by atoms with Crippen LogP contribution in [0.3, 0.4) is 0 Å². The highest BCUT2D eigenvalue weighted by molar-refractivity contribution is 5.78. The van der Waals surface area contributed by atoms with E-state index in [2.05, 4.69) is 5.16 Å². The summed E-state index contributed by atoms with van der Waals surface area (Å²) in [5.41, 5.74) is 1.63. The second kappa shape index (κ2) is 6.10. The quantitative estimate of drug-likeness (QED) is 0.867. The monoisotopic (exact) mass is 286 g/mol. The van der Waals surface area contributed by atoms with E-state index in [9.17, 15) is 4.79 Å². The molecule has 1 atom stereocenters. The second-order valence-corrected chi connectivity index (χ2v) is 5.25. The topological polar surface area (TPSA) is 55.6 Å². The van der Waals surface area contributed by atoms with Crippen LogP contribution >= 0.6 is 0 Å². The van der Waals surface area contributed by atoms with Crippen molar-refractivity contribution >= 4 is 5.91 Å². The fourth-order valence-corrected chi connectivity index (χ4v) is 2.45. The normalized spacial score (nSPS) is 18.7. The molecule has 3 rings (SSSR count). The van der Waals surface area contributed by atoms with Gasteiger partial charge in [-0.2, -0.15) is 0 Å². The molecular formula is C16H18N2O3. The lowest BCUT2D eigenvalue weighted by Crippen LogP contribution is -2.45. The zero-order chi connectivity index (χ0) is 14.7. The van der Waals surface area contributed by atoms with Crippen LogP contribution in [0.2, 0.25) is 0 Å². The highest BCUT2D eigenvalue weighted by atomic mass is 16.5. The Balaban J connectivity index is 1.66. The van der Waals surface area contributed by atoms with Crippen LogP contribution < -0.4 is 0 Å². The average Bonchev–Trinajstić information content (AvgIpc) is 2.97. The van der Waals surface area contributed by atoms with Crippen LogP contribution in [0.1, 0.15) is 12.6 Å². The molecule has 1 aliphatic heterocycles. The van der Waals surface area contributed by atoms with Crippen molar-refractivity contribution in [2.24, 2.45) is 0 Å². The number of benzene rings is 1. The highest BCUT2D eigenvalue weighted by Gasteiger charge is 2.22. The van der Waals surface area contributed by atoms with Crippen LogP contribution in [0.15, 0.2) is 40.9 Å². The smallest absolute Gasteiger partial charge is 0.228 e. The third-order valence-electron chi connectivity index (χ3n) is 3.54. The molecule has 2 heterocycles. The Hall–Kier alpha value is -2.14. The van der Waals surface area contributed by atoms with E-state index < -0.39 is 0 Å². The number of morpholine rings is 1. The van der Waals surface area contributed by atoms with Crippen LogP contribution in [0.25, 0.3) is 11.3 Å². The number of carbonyl (C=O) groups is 1. The maximum absolute atomic E-state index is 12.2. The van der Waals surface area contributed by atoms with Crippen LogP contribution in [-0.4, -0.2) is 41.8 Å². The number of amides is 1. The third-order valence-corrected chi connectivity index (χ3v) is 3.54. The number of nitrogens with zero attached hydrogens (tertiary/aromatic N) is 2. The van der Waals surface area contributed by atoms with Gasteiger partial charge in [0.1, 0.15) is 0 Å². The van der Waals surface area contributed by atoms with Crippen molar-refractivity contribution in [1.82, 2.24) is 10.1 Å². The molecule has 1 aliphatic rings. The number of rotatable bonds is 3. The lowest BCUT2D eigenvalue weighted by Gasteiger charge is -2.31. The Bertz CT molecular complexity index is 609. The zero-order valence-electron chi connectivity index (χ0n) is 12.0. The minimum atomic E-state index is 0.0676. The van der Waals surface area contributed by atoms with Gasteiger partial charge in [0.05, 0.1) is 24.8 Å². The van der Waals surface area contributed by atoms with Gasteiger partial charge in [0.25, 0.3) is 0 Å². The van der Waals surface area contributed by atoms with Crippen molar-refractivity contribution in [2.75, 3.05) is 19.7 Å². The minimum absolute atomic E-state index is 0.0676. The second-order valence-electron chi connectivity index (χ2n) is 5.25. The van der Waals surface area contributed by atoms with E-state index in [1.165, 1.54) is 0 Å². The molecule has 0 saturated carbocycles. The van der Waals surface area contributed by atoms with Crippen molar-refractivity contribution in [2.45, 2.75) is 19.4 Å². The molecule has 1 saturated heterocycles. The van der Waals surface area contributed by atoms with Gasteiger partial charge in [-0.15, -0.1) is 0 Å². The van der Waals surface area contributed by atoms with E-state index in [0.717, 1.165) is 5.56 Å². The lowest BCUT2D eigenvalue weighted by molar-refractivity contribution is -0.137. The van der Waals surface area contributed by atoms with Crippen LogP contribution in [0.5, 0.6) is 0 Å². The molecule has 1 aromatic heterocycles. The van der Waals surface area contributed by atoms with Crippen LogP contribution in [0.4, 0.5) is 0 Å². The van der Waals surface area contributed by atoms with E-state index in [-0.39, 0.29) is 18.4 Å². The van der Waals surface area contributed by atoms with Gasteiger partial charge in [-0.05, 0) is 6.92 Å². The van der Waals surface area contributed by atoms with Gasteiger partial charge >= 0.3 is 0 Å². The number of hydrogen-bond acceptors (Lipinski definition) is 4. The van der Waals surface area contributed by atoms with Crippen molar-refractivity contribution in [3.63, 3.8) is 0 Å². The van der Waals surface area contributed by atoms with E-state index in [0.29, 0.717) is 31.2 Å². The summed E-state index contributed by atoms with van der Waals surface area (Å²) in [5.74, 6) is 0.756. The summed E-state index contributed by atoms with van der Waals surface area (Å²) in [6.07, 6.45) is 0.364. The molecular weight excluding hydrogens is 268 g/mol. The minimum Gasteiger partial charge on any atom is -0.375 e. The predicted molar refractivity (Wildman–Crippen MR) is 77.6 cm³/mol. The lowest BCUT2D eigenvalue weighted by atomic mass is 10.1. The Morgan fingerprint density at radius 3 is 2.95 bits per heavy atom. The Kier molecular flexibility index (Phi) is 4.01. The average molecular weight is 286 g/mol. The summed E-state index contributed by atoms with van der Waals surface area (Å²) in [6, 6.07) is 11.6. The fourth-order valence-electron chi connectivity index (χ4n) is 2.45. The van der Waals surface area contributed by atoms with E-state index in [1.54, 1.807) is 0 Å². The maximum atomic E-state index is 12.2. The molecule has 0 radical (unpaired) electrons. The standard InChI is InChI=1S/C16H18N2O3/c1-12-11-18(7-8-20-12)16(19)10-14-9-15(21-17-14)13-5-3-2-4-6-13/h2-6,9,12H,7-8,10-11H2,1H3. The van der Waals surface area contributed by atoms with Gasteiger partial charge in [-0.1, -0.05) is 35.5 Å². The number of carbonyl (C=O) groups excluding carboxylic acids is 1. The molecule has 0 bridgehead atoms. The van der Waals surface area contributed by atoms with Gasteiger partial charge in [-0.25, -0.2) is 0 Å². The SMILES string of the molecule is CC1CN(C(=O)Cc2cc(-c3ccccc3)on2)CCO1. The third kappa shape index (κ3) is 3.31. The van der Waals surface area contributed by atoms with E-state index >= 15 is 0 Å². The molecule has 5 heteroatoms. The van der Waals surface area contributed by atoms with Crippen molar-refractivity contribution in [3.8, 4) is 11.3 Å². The van der Waals surface area contributed by atoms with Gasteiger partial charge in [-0.3, -0.25) is 4.79 Å². The van der Waals surface area contributed by atoms with Crippen LogP contribution in [-0.2, 0) is 16.0 Å². The predicted octanol–water partition coefficient (Wildman–Crippen LogP) is 2.13. The highest BCUT2D eigenvalue weighted by Crippen LogP contribution is 2.20. The summed E-state index contributed by atoms with van der Waals surface area (Å²) in [7, 11) is 0.